The van der Waals surface area contributed by atoms with Crippen LogP contribution < -0.4 is 4.90 Å². The summed E-state index contributed by atoms with van der Waals surface area (Å²) in [4.78, 5) is 39.5. The topological polar surface area (TPSA) is 113 Å². The fraction of sp³-hybridized carbons (Fsp3) is 0.0952. The lowest BCUT2D eigenvalue weighted by Gasteiger charge is -2.28. The molecule has 0 saturated carbocycles. The average Bonchev–Trinajstić information content (AvgIpc) is 2.77. The molecule has 0 bridgehead atoms. The third-order valence-corrected chi connectivity index (χ3v) is 4.32. The lowest BCUT2D eigenvalue weighted by molar-refractivity contribution is -0.139. The molecule has 1 heterocycles. The zero-order chi connectivity index (χ0) is 21.1. The summed E-state index contributed by atoms with van der Waals surface area (Å²) in [5.74, 6) is -4.60. The molecule has 1 amide bonds. The molecule has 0 spiro atoms. The van der Waals surface area contributed by atoms with Crippen molar-refractivity contribution >= 4 is 29.3 Å². The van der Waals surface area contributed by atoms with Crippen LogP contribution in [0.25, 0.3) is 5.76 Å². The fourth-order valence-corrected chi connectivity index (χ4v) is 2.98. The third-order valence-electron chi connectivity index (χ3n) is 4.32. The van der Waals surface area contributed by atoms with E-state index in [9.17, 15) is 24.6 Å². The van der Waals surface area contributed by atoms with Gasteiger partial charge in [0.05, 0.1) is 19.8 Å². The second-order valence-corrected chi connectivity index (χ2v) is 5.93. The maximum absolute atomic E-state index is 13.4. The number of hydrogen-bond donors (Lipinski definition) is 2. The van der Waals surface area contributed by atoms with Crippen LogP contribution >= 0.6 is 0 Å². The number of para-hydroxylation sites is 1. The molecule has 29 heavy (non-hydrogen) atoms. The minimum absolute atomic E-state index is 0.00530. The van der Waals surface area contributed by atoms with Gasteiger partial charge in [-0.15, -0.1) is 0 Å². The van der Waals surface area contributed by atoms with E-state index < -0.39 is 40.6 Å². The van der Waals surface area contributed by atoms with E-state index >= 15 is 0 Å². The summed E-state index contributed by atoms with van der Waals surface area (Å²) in [5.41, 5.74) is -1.06. The standard InChI is InChI=1S/C21H17NO7/c1-28-20(26)15-16(21(27)29-2)22(12-8-4-3-5-9-12)19(25)14-11-7-6-10-13(14)17(23)18(15)24/h3-11,23-24H,1-2H3/b16-15+,18-17-. The Morgan fingerprint density at radius 1 is 0.793 bits per heavy atom. The minimum atomic E-state index is -1.14. The second kappa shape index (κ2) is 7.89. The van der Waals surface area contributed by atoms with E-state index in [2.05, 4.69) is 4.74 Å². The van der Waals surface area contributed by atoms with Crippen molar-refractivity contribution in [2.45, 2.75) is 0 Å². The van der Waals surface area contributed by atoms with Crippen molar-refractivity contribution in [2.75, 3.05) is 19.1 Å². The van der Waals surface area contributed by atoms with Gasteiger partial charge in [0.1, 0.15) is 5.57 Å². The van der Waals surface area contributed by atoms with E-state index in [-0.39, 0.29) is 16.8 Å². The quantitative estimate of drug-likeness (QED) is 0.768. The van der Waals surface area contributed by atoms with Crippen LogP contribution in [0.4, 0.5) is 5.69 Å². The first-order chi connectivity index (χ1) is 13.9. The molecule has 0 radical (unpaired) electrons. The summed E-state index contributed by atoms with van der Waals surface area (Å²) in [7, 11) is 2.10. The number of hydrogen-bond acceptors (Lipinski definition) is 7. The van der Waals surface area contributed by atoms with E-state index in [1.54, 1.807) is 42.5 Å². The summed E-state index contributed by atoms with van der Waals surface area (Å²) < 4.78 is 9.46. The summed E-state index contributed by atoms with van der Waals surface area (Å²) in [5, 5.41) is 21.2. The molecule has 0 fully saturated rings. The first kappa shape index (κ1) is 19.7. The lowest BCUT2D eigenvalue weighted by atomic mass is 9.97. The lowest BCUT2D eigenvalue weighted by Crippen LogP contribution is -2.38. The molecule has 2 N–H and O–H groups in total. The van der Waals surface area contributed by atoms with Gasteiger partial charge in [-0.3, -0.25) is 9.69 Å². The number of carbonyl (C=O) groups is 3. The Labute approximate surface area is 165 Å². The Morgan fingerprint density at radius 2 is 1.34 bits per heavy atom. The van der Waals surface area contributed by atoms with Gasteiger partial charge in [0.25, 0.3) is 5.91 Å². The first-order valence-corrected chi connectivity index (χ1v) is 8.44. The molecule has 148 valence electrons. The number of esters is 2. The highest BCUT2D eigenvalue weighted by Crippen LogP contribution is 2.34. The van der Waals surface area contributed by atoms with Crippen LogP contribution in [0.2, 0.25) is 0 Å². The van der Waals surface area contributed by atoms with Gasteiger partial charge in [0.15, 0.2) is 17.2 Å². The highest BCUT2D eigenvalue weighted by molar-refractivity contribution is 6.19. The van der Waals surface area contributed by atoms with E-state index in [0.29, 0.717) is 0 Å². The third kappa shape index (κ3) is 3.31. The number of nitrogens with zero attached hydrogens (tertiary/aromatic N) is 1. The molecule has 0 saturated heterocycles. The molecular formula is C21H17NO7. The van der Waals surface area contributed by atoms with E-state index in [1.807, 2.05) is 0 Å². The molecule has 0 atom stereocenters. The SMILES string of the molecule is COC(=O)C1=C(\C(=O)OC)N(c2ccccc2)C(=O)c2ccccc2/C(O)=C\1O. The van der Waals surface area contributed by atoms with Crippen molar-refractivity contribution in [3.8, 4) is 0 Å². The molecule has 1 aliphatic rings. The maximum atomic E-state index is 13.4. The summed E-state index contributed by atoms with van der Waals surface area (Å²) in [6.07, 6.45) is 0. The minimum Gasteiger partial charge on any atom is -0.504 e. The Morgan fingerprint density at radius 3 is 1.93 bits per heavy atom. The number of ether oxygens (including phenoxy) is 2. The second-order valence-electron chi connectivity index (χ2n) is 5.93. The van der Waals surface area contributed by atoms with Gasteiger partial charge in [-0.2, -0.15) is 0 Å². The maximum Gasteiger partial charge on any atom is 0.356 e. The van der Waals surface area contributed by atoms with Crippen LogP contribution in [0.15, 0.2) is 71.6 Å². The number of amides is 1. The summed E-state index contributed by atoms with van der Waals surface area (Å²) in [6.45, 7) is 0. The van der Waals surface area contributed by atoms with Crippen molar-refractivity contribution < 1.29 is 34.1 Å². The van der Waals surface area contributed by atoms with Gasteiger partial charge in [0.2, 0.25) is 0 Å². The average molecular weight is 395 g/mol. The van der Waals surface area contributed by atoms with E-state index in [1.165, 1.54) is 12.1 Å². The number of carbonyl (C=O) groups excluding carboxylic acids is 3. The fourth-order valence-electron chi connectivity index (χ4n) is 2.98. The van der Waals surface area contributed by atoms with Crippen LogP contribution in [0.3, 0.4) is 0 Å². The number of anilines is 1. The Bertz CT molecular complexity index is 1050. The Kier molecular flexibility index (Phi) is 5.36. The van der Waals surface area contributed by atoms with Crippen molar-refractivity contribution in [3.05, 3.63) is 82.8 Å². The van der Waals surface area contributed by atoms with E-state index in [4.69, 9.17) is 4.74 Å². The van der Waals surface area contributed by atoms with Crippen molar-refractivity contribution in [3.63, 3.8) is 0 Å². The predicted octanol–water partition coefficient (Wildman–Crippen LogP) is 2.73. The molecule has 2 aromatic carbocycles. The van der Waals surface area contributed by atoms with Crippen molar-refractivity contribution in [1.29, 1.82) is 0 Å². The molecule has 0 aromatic heterocycles. The highest BCUT2D eigenvalue weighted by Gasteiger charge is 2.39. The number of fused-ring (bicyclic) bond motifs is 1. The molecule has 1 aliphatic heterocycles. The number of aliphatic hydroxyl groups is 2. The molecule has 0 aliphatic carbocycles. The van der Waals surface area contributed by atoms with Gasteiger partial charge >= 0.3 is 11.9 Å². The van der Waals surface area contributed by atoms with Gasteiger partial charge in [-0.1, -0.05) is 36.4 Å². The molecular weight excluding hydrogens is 378 g/mol. The number of benzene rings is 2. The molecule has 0 unspecified atom stereocenters. The van der Waals surface area contributed by atoms with Gasteiger partial charge < -0.3 is 19.7 Å². The zero-order valence-corrected chi connectivity index (χ0v) is 15.6. The van der Waals surface area contributed by atoms with Crippen LogP contribution in [0, 0.1) is 0 Å². The normalized spacial score (nSPS) is 19.1. The van der Waals surface area contributed by atoms with E-state index in [0.717, 1.165) is 19.1 Å². The monoisotopic (exact) mass is 395 g/mol. The number of aliphatic hydroxyl groups excluding tert-OH is 2. The Hall–Kier alpha value is -4.07. The van der Waals surface area contributed by atoms with Crippen LogP contribution in [-0.2, 0) is 19.1 Å². The first-order valence-electron chi connectivity index (χ1n) is 8.44. The van der Waals surface area contributed by atoms with Gasteiger partial charge in [-0.25, -0.2) is 9.59 Å². The van der Waals surface area contributed by atoms with Crippen LogP contribution in [0.5, 0.6) is 0 Å². The van der Waals surface area contributed by atoms with Gasteiger partial charge in [0, 0.05) is 11.3 Å². The van der Waals surface area contributed by atoms with Crippen LogP contribution in [0.1, 0.15) is 15.9 Å². The van der Waals surface area contributed by atoms with Crippen molar-refractivity contribution in [2.24, 2.45) is 0 Å². The summed E-state index contributed by atoms with van der Waals surface area (Å²) in [6, 6.07) is 14.0. The largest absolute Gasteiger partial charge is 0.504 e. The zero-order valence-electron chi connectivity index (χ0n) is 15.6. The van der Waals surface area contributed by atoms with Crippen molar-refractivity contribution in [1.82, 2.24) is 0 Å². The van der Waals surface area contributed by atoms with Crippen LogP contribution in [-0.4, -0.2) is 42.3 Å². The molecule has 3 rings (SSSR count). The Balaban J connectivity index is 2.50. The number of rotatable bonds is 3. The predicted molar refractivity (Wildman–Crippen MR) is 103 cm³/mol. The molecule has 8 nitrogen and oxygen atoms in total. The molecule has 8 heteroatoms. The summed E-state index contributed by atoms with van der Waals surface area (Å²) >= 11 is 0. The number of methoxy groups -OCH3 is 2. The highest BCUT2D eigenvalue weighted by atomic mass is 16.5. The van der Waals surface area contributed by atoms with Gasteiger partial charge in [-0.05, 0) is 18.2 Å². The molecule has 2 aromatic rings. The smallest absolute Gasteiger partial charge is 0.356 e.